The highest BCUT2D eigenvalue weighted by Gasteiger charge is 2.53. The summed E-state index contributed by atoms with van der Waals surface area (Å²) < 4.78 is 39.1. The van der Waals surface area contributed by atoms with E-state index in [1.54, 1.807) is 48.7 Å². The number of hydrogen-bond donors (Lipinski definition) is 3. The number of nitro groups is 3. The second kappa shape index (κ2) is 32.7. The molecule has 3 aromatic heterocycles. The van der Waals surface area contributed by atoms with Crippen molar-refractivity contribution in [3.8, 4) is 22.5 Å². The van der Waals surface area contributed by atoms with Crippen LogP contribution in [0.1, 0.15) is 163 Å². The van der Waals surface area contributed by atoms with Crippen molar-refractivity contribution in [1.29, 1.82) is 0 Å². The van der Waals surface area contributed by atoms with Gasteiger partial charge in [0.15, 0.2) is 0 Å². The van der Waals surface area contributed by atoms with Crippen molar-refractivity contribution in [3.63, 3.8) is 0 Å². The van der Waals surface area contributed by atoms with Gasteiger partial charge in [-0.15, -0.1) is 0 Å². The van der Waals surface area contributed by atoms with Gasteiger partial charge in [-0.3, -0.25) is 54.7 Å². The summed E-state index contributed by atoms with van der Waals surface area (Å²) in [7, 11) is -0.943. The van der Waals surface area contributed by atoms with E-state index >= 15 is 0 Å². The van der Waals surface area contributed by atoms with E-state index in [0.717, 1.165) is 124 Å². The number of nitrogens with zero attached hydrogens (tertiary/aromatic N) is 7. The van der Waals surface area contributed by atoms with Crippen molar-refractivity contribution in [3.05, 3.63) is 279 Å². The van der Waals surface area contributed by atoms with E-state index in [2.05, 4.69) is 88.1 Å². The molecular weight excluding hydrogens is 1360 g/mol. The molecule has 13 rings (SSSR count). The predicted octanol–water partition coefficient (Wildman–Crippen LogP) is 15.6. The number of carbonyl (C=O) groups excluding carboxylic acids is 3. The molecule has 0 bridgehead atoms. The van der Waals surface area contributed by atoms with Crippen LogP contribution in [0.5, 0.6) is 0 Å². The van der Waals surface area contributed by atoms with Gasteiger partial charge in [-0.05, 0) is 221 Å². The number of halogens is 3. The molecule has 3 aliphatic carbocycles. The Hall–Kier alpha value is -10.5. The van der Waals surface area contributed by atoms with Crippen molar-refractivity contribution < 1.29 is 47.2 Å². The van der Waals surface area contributed by atoms with Crippen LogP contribution >= 0.6 is 15.9 Å². The molecule has 4 heterocycles. The van der Waals surface area contributed by atoms with Gasteiger partial charge in [0.05, 0.1) is 72.1 Å². The van der Waals surface area contributed by atoms with Gasteiger partial charge < -0.3 is 30.2 Å². The third kappa shape index (κ3) is 17.7. The summed E-state index contributed by atoms with van der Waals surface area (Å²) in [6, 6.07) is 45.8. The van der Waals surface area contributed by atoms with E-state index in [4.69, 9.17) is 9.31 Å². The maximum atomic E-state index is 13.7. The van der Waals surface area contributed by atoms with Crippen molar-refractivity contribution in [2.24, 2.45) is 0 Å². The first-order valence-corrected chi connectivity index (χ1v) is 34.2. The lowest BCUT2D eigenvalue weighted by molar-refractivity contribution is -0.384. The zero-order valence-electron chi connectivity index (χ0n) is 56.7. The number of pyridine rings is 3. The van der Waals surface area contributed by atoms with Gasteiger partial charge in [0, 0.05) is 72.3 Å². The molecule has 3 amide bonds. The fourth-order valence-electron chi connectivity index (χ4n) is 12.8. The number of nitro benzene ring substituents is 3. The normalized spacial score (nSPS) is 16.6. The molecule has 3 atom stereocenters. The number of hydrogen-bond acceptors (Lipinski definition) is 15. The van der Waals surface area contributed by atoms with E-state index in [1.165, 1.54) is 46.8 Å². The molecule has 0 radical (unpaired) electrons. The second-order valence-corrected chi connectivity index (χ2v) is 26.5. The second-order valence-electron chi connectivity index (χ2n) is 25.7. The number of rotatable bonds is 15. The molecule has 9 aromatic rings. The number of fused-ring (bicyclic) bond motifs is 3. The highest BCUT2D eigenvalue weighted by molar-refractivity contribution is 9.10. The van der Waals surface area contributed by atoms with Crippen molar-refractivity contribution >= 4 is 69.0 Å². The third-order valence-electron chi connectivity index (χ3n) is 18.8. The Labute approximate surface area is 592 Å². The first-order chi connectivity index (χ1) is 48.4. The molecule has 3 N–H and O–H groups in total. The predicted molar refractivity (Wildman–Crippen MR) is 386 cm³/mol. The van der Waals surface area contributed by atoms with Crippen molar-refractivity contribution in [2.75, 3.05) is 18.0 Å². The summed E-state index contributed by atoms with van der Waals surface area (Å²) in [6.45, 7) is 13.0. The van der Waals surface area contributed by atoms with Crippen LogP contribution in [0.25, 0.3) is 22.5 Å². The molecule has 25 heteroatoms. The molecule has 1 aliphatic heterocycles. The fourth-order valence-corrected chi connectivity index (χ4v) is 13.2. The first-order valence-electron chi connectivity index (χ1n) is 33.4. The molecule has 6 aromatic carbocycles. The zero-order valence-corrected chi connectivity index (χ0v) is 58.2. The molecule has 101 heavy (non-hydrogen) atoms. The maximum Gasteiger partial charge on any atom is 0.502 e. The lowest BCUT2D eigenvalue weighted by atomic mass is 9.78. The molecule has 0 unspecified atom stereocenters. The van der Waals surface area contributed by atoms with E-state index in [1.807, 2.05) is 77.9 Å². The Bertz CT molecular complexity index is 4550. The van der Waals surface area contributed by atoms with Gasteiger partial charge in [-0.25, -0.2) is 13.8 Å². The Balaban J connectivity index is 0.000000149. The summed E-state index contributed by atoms with van der Waals surface area (Å²) in [6.07, 6.45) is 13.5. The van der Waals surface area contributed by atoms with Crippen LogP contribution < -0.4 is 26.3 Å². The quantitative estimate of drug-likeness (QED) is 0.0372. The maximum absolute atomic E-state index is 13.7. The van der Waals surface area contributed by atoms with Crippen LogP contribution in [0.4, 0.5) is 31.5 Å². The first kappa shape index (κ1) is 73.2. The summed E-state index contributed by atoms with van der Waals surface area (Å²) in [5, 5.41) is 43.3. The Morgan fingerprint density at radius 3 is 1.31 bits per heavy atom. The van der Waals surface area contributed by atoms with Crippen LogP contribution in [-0.2, 0) is 28.6 Å². The number of anilines is 1. The fraction of sp³-hybridized carbons (Fsp3) is 0.289. The summed E-state index contributed by atoms with van der Waals surface area (Å²) in [4.78, 5) is 85.3. The largest absolute Gasteiger partial charge is 0.502 e. The average Bonchev–Trinajstić information content (AvgIpc) is 1.62. The minimum absolute atomic E-state index is 0.0304. The standard InChI is InChI=1S/C26H28N4O3.C22H18FN3O3.C16H15BrN2O.C12H15BFNO4/c1-3-29(4-2)20-12-13-25(30(32)33)22(17-20)24-16-19(14-15-27-24)26(31)28-23-11-7-9-18-8-5-6-10-21(18)23;23-16-8-9-21(26(28)29)18(13-16)20-12-15(10-11-24-20)22(27)25-19-7-3-5-14-4-1-2-6-17(14)19;17-15-10-12(8-9-18-15)16(20)19-14-7-3-5-11-4-1-2-6-13(11)14;1-11(2)12(3,4)19-13(18-11)9-7-8(14)5-6-10(9)15(16)17/h5-6,8,10,12-17,23H,3-4,7,9,11H2,1-2H3,(H,28,31);1-2,4,6,8-13,19H,3,5,7H2,(H,25,27);1-2,4,6,8-10,14H,3,5,7H2,(H,19,20);5-7H,1-4H3/t23-;19-;14-;/m000./s1. The number of amides is 3. The van der Waals surface area contributed by atoms with Crippen LogP contribution in [0.15, 0.2) is 187 Å². The molecule has 0 saturated carbocycles. The van der Waals surface area contributed by atoms with Gasteiger partial charge in [0.1, 0.15) is 16.2 Å². The number of carbonyl (C=O) groups is 3. The molecule has 4 aliphatic rings. The van der Waals surface area contributed by atoms with Crippen LogP contribution in [0.2, 0.25) is 0 Å². The summed E-state index contributed by atoms with van der Waals surface area (Å²) >= 11 is 3.29. The molecular formula is C76H76BBrF2N10O11. The van der Waals surface area contributed by atoms with Gasteiger partial charge in [0.2, 0.25) is 0 Å². The van der Waals surface area contributed by atoms with Crippen molar-refractivity contribution in [2.45, 2.75) is 129 Å². The Kier molecular flexibility index (Phi) is 23.7. The highest BCUT2D eigenvalue weighted by Crippen LogP contribution is 2.39. The van der Waals surface area contributed by atoms with E-state index in [0.29, 0.717) is 32.6 Å². The minimum atomic E-state index is -0.943. The van der Waals surface area contributed by atoms with E-state index < -0.39 is 44.7 Å². The number of nitrogens with one attached hydrogen (secondary N) is 3. The molecule has 1 fully saturated rings. The summed E-state index contributed by atoms with van der Waals surface area (Å²) in [5.74, 6) is -1.72. The average molecular weight is 1430 g/mol. The molecule has 1 saturated heterocycles. The smallest absolute Gasteiger partial charge is 0.399 e. The lowest BCUT2D eigenvalue weighted by Crippen LogP contribution is -2.41. The van der Waals surface area contributed by atoms with Crippen LogP contribution in [0, 0.1) is 42.0 Å². The monoisotopic (exact) mass is 1430 g/mol. The SMILES string of the molecule is CC1(C)OB(c2cc(F)ccc2[N+](=O)[O-])OC1(C)C.CCN(CC)c1ccc([N+](=O)[O-])c(-c2cc(C(=O)N[C@H]3CCCc4ccccc43)ccn2)c1.O=C(N[C@H]1CCCc2ccccc21)c1ccnc(-c2cc(F)ccc2[N+](=O)[O-])c1.O=C(N[C@H]1CCCc2ccccc21)c1ccnc(Br)c1. The molecule has 21 nitrogen and oxygen atoms in total. The van der Waals surface area contributed by atoms with Gasteiger partial charge in [-0.1, -0.05) is 72.8 Å². The van der Waals surface area contributed by atoms with Gasteiger partial charge in [-0.2, -0.15) is 0 Å². The van der Waals surface area contributed by atoms with Crippen LogP contribution in [0.3, 0.4) is 0 Å². The highest BCUT2D eigenvalue weighted by atomic mass is 79.9. The number of aryl methyl sites for hydroxylation is 3. The molecule has 0 spiro atoms. The van der Waals surface area contributed by atoms with E-state index in [9.17, 15) is 53.5 Å². The van der Waals surface area contributed by atoms with E-state index in [-0.39, 0.29) is 69.6 Å². The Morgan fingerprint density at radius 1 is 0.515 bits per heavy atom. The van der Waals surface area contributed by atoms with Crippen LogP contribution in [-0.4, -0.2) is 78.9 Å². The Morgan fingerprint density at radius 2 is 0.891 bits per heavy atom. The number of benzene rings is 6. The van der Waals surface area contributed by atoms with Gasteiger partial charge in [0.25, 0.3) is 34.8 Å². The molecule has 520 valence electrons. The van der Waals surface area contributed by atoms with Gasteiger partial charge >= 0.3 is 7.12 Å². The minimum Gasteiger partial charge on any atom is -0.399 e. The zero-order chi connectivity index (χ0) is 72.1. The lowest BCUT2D eigenvalue weighted by Gasteiger charge is -2.32. The third-order valence-corrected chi connectivity index (χ3v) is 19.2. The summed E-state index contributed by atoms with van der Waals surface area (Å²) in [5.41, 5.74) is 9.01. The topological polar surface area (TPSA) is 277 Å². The number of aromatic nitrogens is 3. The van der Waals surface area contributed by atoms with Crippen molar-refractivity contribution in [1.82, 2.24) is 30.9 Å².